The molecule has 0 saturated heterocycles. The van der Waals surface area contributed by atoms with Crippen molar-refractivity contribution in [1.29, 1.82) is 0 Å². The summed E-state index contributed by atoms with van der Waals surface area (Å²) in [5.41, 5.74) is 5.51. The highest BCUT2D eigenvalue weighted by Crippen LogP contribution is 1.96. The van der Waals surface area contributed by atoms with Gasteiger partial charge in [-0.25, -0.2) is 0 Å². The van der Waals surface area contributed by atoms with E-state index >= 15 is 0 Å². The Morgan fingerprint density at radius 1 is 1.54 bits per heavy atom. The van der Waals surface area contributed by atoms with Crippen molar-refractivity contribution in [2.45, 2.75) is 26.3 Å². The van der Waals surface area contributed by atoms with Crippen LogP contribution < -0.4 is 11.1 Å². The third kappa shape index (κ3) is 6.54. The summed E-state index contributed by atoms with van der Waals surface area (Å²) in [5, 5.41) is 3.11. The fraction of sp³-hybridized carbons (Fsp3) is 0.889. The Labute approximate surface area is 79.8 Å². The summed E-state index contributed by atoms with van der Waals surface area (Å²) in [6.45, 7) is 5.69. The van der Waals surface area contributed by atoms with Gasteiger partial charge in [0.2, 0.25) is 0 Å². The van der Waals surface area contributed by atoms with Crippen molar-refractivity contribution in [2.24, 2.45) is 11.7 Å². The molecule has 0 aromatic rings. The predicted molar refractivity (Wildman–Crippen MR) is 52.3 cm³/mol. The summed E-state index contributed by atoms with van der Waals surface area (Å²) >= 11 is 0. The molecule has 4 nitrogen and oxygen atoms in total. The number of hydrogen-bond donors (Lipinski definition) is 2. The Kier molecular flexibility index (Phi) is 6.54. The fourth-order valence-corrected chi connectivity index (χ4v) is 0.883. The van der Waals surface area contributed by atoms with Gasteiger partial charge in [-0.15, -0.1) is 0 Å². The summed E-state index contributed by atoms with van der Waals surface area (Å²) in [4.78, 5) is 10.9. The lowest BCUT2D eigenvalue weighted by Crippen LogP contribution is -2.41. The normalized spacial score (nSPS) is 13.0. The molecule has 0 unspecified atom stereocenters. The standard InChI is InChI=1S/C9H20N2O2/c1-7(2)4-5-11-6-8(10)9(12)13-3/h7-8,11H,4-6,10H2,1-3H3/t8-/m0/s1. The van der Waals surface area contributed by atoms with Crippen molar-refractivity contribution in [2.75, 3.05) is 20.2 Å². The van der Waals surface area contributed by atoms with Gasteiger partial charge in [0.1, 0.15) is 6.04 Å². The second kappa shape index (κ2) is 6.86. The molecule has 0 spiro atoms. The van der Waals surface area contributed by atoms with Gasteiger partial charge >= 0.3 is 5.97 Å². The van der Waals surface area contributed by atoms with E-state index in [-0.39, 0.29) is 5.97 Å². The van der Waals surface area contributed by atoms with Crippen LogP contribution in [0.5, 0.6) is 0 Å². The zero-order valence-corrected chi connectivity index (χ0v) is 8.67. The van der Waals surface area contributed by atoms with Crippen LogP contribution in [0.4, 0.5) is 0 Å². The zero-order chi connectivity index (χ0) is 10.3. The summed E-state index contributed by atoms with van der Waals surface area (Å²) in [6.07, 6.45) is 1.09. The molecule has 0 rings (SSSR count). The molecule has 13 heavy (non-hydrogen) atoms. The molecule has 0 saturated carbocycles. The third-order valence-electron chi connectivity index (χ3n) is 1.77. The van der Waals surface area contributed by atoms with Gasteiger partial charge in [-0.1, -0.05) is 13.8 Å². The Bertz CT molecular complexity index is 149. The van der Waals surface area contributed by atoms with Gasteiger partial charge in [-0.05, 0) is 18.9 Å². The summed E-state index contributed by atoms with van der Waals surface area (Å²) in [6, 6.07) is -0.544. The fourth-order valence-electron chi connectivity index (χ4n) is 0.883. The smallest absolute Gasteiger partial charge is 0.323 e. The molecule has 0 aromatic heterocycles. The quantitative estimate of drug-likeness (QED) is 0.459. The van der Waals surface area contributed by atoms with Crippen LogP contribution in [-0.2, 0) is 9.53 Å². The number of carbonyl (C=O) groups is 1. The molecule has 0 amide bonds. The lowest BCUT2D eigenvalue weighted by Gasteiger charge is -2.11. The van der Waals surface area contributed by atoms with E-state index in [1.165, 1.54) is 7.11 Å². The van der Waals surface area contributed by atoms with E-state index in [1.54, 1.807) is 0 Å². The molecule has 1 atom stereocenters. The number of nitrogens with two attached hydrogens (primary N) is 1. The maximum Gasteiger partial charge on any atom is 0.323 e. The van der Waals surface area contributed by atoms with Crippen molar-refractivity contribution in [3.05, 3.63) is 0 Å². The maximum atomic E-state index is 10.9. The molecular formula is C9H20N2O2. The monoisotopic (exact) mass is 188 g/mol. The first-order chi connectivity index (χ1) is 6.07. The van der Waals surface area contributed by atoms with E-state index in [1.807, 2.05) is 0 Å². The highest BCUT2D eigenvalue weighted by Gasteiger charge is 2.12. The van der Waals surface area contributed by atoms with Crippen molar-refractivity contribution in [1.82, 2.24) is 5.32 Å². The van der Waals surface area contributed by atoms with Crippen molar-refractivity contribution in [3.63, 3.8) is 0 Å². The van der Waals surface area contributed by atoms with Gasteiger partial charge < -0.3 is 15.8 Å². The summed E-state index contributed by atoms with van der Waals surface area (Å²) < 4.78 is 4.49. The zero-order valence-electron chi connectivity index (χ0n) is 8.67. The van der Waals surface area contributed by atoms with E-state index in [0.29, 0.717) is 12.5 Å². The van der Waals surface area contributed by atoms with Crippen LogP contribution >= 0.6 is 0 Å². The molecule has 0 aliphatic rings. The Hall–Kier alpha value is -0.610. The average Bonchev–Trinajstić information content (AvgIpc) is 2.10. The summed E-state index contributed by atoms with van der Waals surface area (Å²) in [5.74, 6) is 0.305. The maximum absolute atomic E-state index is 10.9. The first-order valence-electron chi connectivity index (χ1n) is 4.62. The van der Waals surface area contributed by atoms with Gasteiger partial charge in [-0.3, -0.25) is 4.79 Å². The number of rotatable bonds is 6. The van der Waals surface area contributed by atoms with Gasteiger partial charge in [0, 0.05) is 6.54 Å². The van der Waals surface area contributed by atoms with E-state index in [9.17, 15) is 4.79 Å². The minimum absolute atomic E-state index is 0.364. The number of nitrogens with one attached hydrogen (secondary N) is 1. The highest BCUT2D eigenvalue weighted by atomic mass is 16.5. The van der Waals surface area contributed by atoms with Gasteiger partial charge in [0.25, 0.3) is 0 Å². The molecule has 0 aromatic carbocycles. The van der Waals surface area contributed by atoms with Gasteiger partial charge in [0.15, 0.2) is 0 Å². The molecule has 0 heterocycles. The van der Waals surface area contributed by atoms with Crippen LogP contribution in [0.2, 0.25) is 0 Å². The minimum Gasteiger partial charge on any atom is -0.468 e. The number of hydrogen-bond acceptors (Lipinski definition) is 4. The molecular weight excluding hydrogens is 168 g/mol. The van der Waals surface area contributed by atoms with Crippen LogP contribution in [0.25, 0.3) is 0 Å². The SMILES string of the molecule is COC(=O)[C@@H](N)CNCCC(C)C. The largest absolute Gasteiger partial charge is 0.468 e. The number of esters is 1. The van der Waals surface area contributed by atoms with Crippen LogP contribution in [0.1, 0.15) is 20.3 Å². The first kappa shape index (κ1) is 12.4. The lowest BCUT2D eigenvalue weighted by molar-refractivity contribution is -0.142. The van der Waals surface area contributed by atoms with Gasteiger partial charge in [-0.2, -0.15) is 0 Å². The van der Waals surface area contributed by atoms with E-state index in [2.05, 4.69) is 23.9 Å². The van der Waals surface area contributed by atoms with Crippen molar-refractivity contribution < 1.29 is 9.53 Å². The van der Waals surface area contributed by atoms with Crippen molar-refractivity contribution in [3.8, 4) is 0 Å². The molecule has 4 heteroatoms. The number of carbonyl (C=O) groups excluding carboxylic acids is 1. The van der Waals surface area contributed by atoms with E-state index < -0.39 is 6.04 Å². The van der Waals surface area contributed by atoms with Crippen LogP contribution in [0.3, 0.4) is 0 Å². The van der Waals surface area contributed by atoms with Crippen LogP contribution in [-0.4, -0.2) is 32.2 Å². The Balaban J connectivity index is 3.37. The molecule has 0 fully saturated rings. The third-order valence-corrected chi connectivity index (χ3v) is 1.77. The number of methoxy groups -OCH3 is 1. The molecule has 78 valence electrons. The lowest BCUT2D eigenvalue weighted by atomic mass is 10.1. The molecule has 0 radical (unpaired) electrons. The molecule has 3 N–H and O–H groups in total. The van der Waals surface area contributed by atoms with Crippen molar-refractivity contribution >= 4 is 5.97 Å². The first-order valence-corrected chi connectivity index (χ1v) is 4.62. The average molecular weight is 188 g/mol. The van der Waals surface area contributed by atoms with E-state index in [0.717, 1.165) is 13.0 Å². The molecule has 0 bridgehead atoms. The topological polar surface area (TPSA) is 64.3 Å². The molecule has 0 aliphatic heterocycles. The van der Waals surface area contributed by atoms with Gasteiger partial charge in [0.05, 0.1) is 7.11 Å². The Morgan fingerprint density at radius 3 is 2.62 bits per heavy atom. The number of ether oxygens (including phenoxy) is 1. The highest BCUT2D eigenvalue weighted by molar-refractivity contribution is 5.75. The Morgan fingerprint density at radius 2 is 2.15 bits per heavy atom. The van der Waals surface area contributed by atoms with Crippen LogP contribution in [0.15, 0.2) is 0 Å². The molecule has 0 aliphatic carbocycles. The predicted octanol–water partition coefficient (Wildman–Crippen LogP) is 0.122. The minimum atomic E-state index is -0.544. The second-order valence-corrected chi connectivity index (χ2v) is 3.52. The van der Waals surface area contributed by atoms with E-state index in [4.69, 9.17) is 5.73 Å². The van der Waals surface area contributed by atoms with Crippen LogP contribution in [0, 0.1) is 5.92 Å². The second-order valence-electron chi connectivity index (χ2n) is 3.52. The summed E-state index contributed by atoms with van der Waals surface area (Å²) in [7, 11) is 1.34.